The van der Waals surface area contributed by atoms with Crippen molar-refractivity contribution >= 4 is 28.1 Å². The molecule has 0 bridgehead atoms. The van der Waals surface area contributed by atoms with Gasteiger partial charge in [-0.3, -0.25) is 14.1 Å². The Morgan fingerprint density at radius 1 is 1.41 bits per heavy atom. The lowest BCUT2D eigenvalue weighted by Crippen LogP contribution is -2.41. The predicted octanol–water partition coefficient (Wildman–Crippen LogP) is 3.23. The Labute approximate surface area is 171 Å². The van der Waals surface area contributed by atoms with Gasteiger partial charge in [0.25, 0.3) is 0 Å². The van der Waals surface area contributed by atoms with Crippen LogP contribution in [0.3, 0.4) is 0 Å². The van der Waals surface area contributed by atoms with E-state index in [0.717, 1.165) is 25.6 Å². The molecule has 0 aromatic carbocycles. The molecule has 0 aliphatic carbocycles. The fourth-order valence-electron chi connectivity index (χ4n) is 3.48. The van der Waals surface area contributed by atoms with Crippen LogP contribution >= 0.6 is 11.3 Å². The molecule has 0 saturated carbocycles. The van der Waals surface area contributed by atoms with E-state index < -0.39 is 10.8 Å². The van der Waals surface area contributed by atoms with Gasteiger partial charge in [-0.1, -0.05) is 6.07 Å². The van der Waals surface area contributed by atoms with Crippen molar-refractivity contribution in [1.29, 1.82) is 0 Å². The van der Waals surface area contributed by atoms with Crippen LogP contribution < -0.4 is 10.6 Å². The van der Waals surface area contributed by atoms with Crippen molar-refractivity contribution < 1.29 is 4.21 Å². The molecule has 0 amide bonds. The second-order valence-corrected chi connectivity index (χ2v) is 11.5. The van der Waals surface area contributed by atoms with E-state index in [1.807, 2.05) is 32.1 Å². The largest absolute Gasteiger partial charge is 0.357 e. The standard InChI is InChI=1S/C20H36N4OS2/c1-6-21-19(22-11-14-27(25)20(2,3)4)23-15-16-9-7-12-24(5)18(16)17-10-8-13-26-17/h8,10,13,16,18H,6-7,9,11-12,14-15H2,1-5H3,(H2,21,22,23). The van der Waals surface area contributed by atoms with Gasteiger partial charge in [0, 0.05) is 51.9 Å². The molecule has 2 rings (SSSR count). The quantitative estimate of drug-likeness (QED) is 0.533. The molecule has 1 aliphatic rings. The molecule has 3 atom stereocenters. The smallest absolute Gasteiger partial charge is 0.191 e. The number of rotatable bonds is 7. The summed E-state index contributed by atoms with van der Waals surface area (Å²) in [5.74, 6) is 2.00. The first-order chi connectivity index (χ1) is 12.8. The number of hydrogen-bond donors (Lipinski definition) is 2. The second kappa shape index (κ2) is 10.6. The Bertz CT molecular complexity index is 610. The molecule has 154 valence electrons. The lowest BCUT2D eigenvalue weighted by Gasteiger charge is -2.38. The zero-order valence-electron chi connectivity index (χ0n) is 17.5. The summed E-state index contributed by atoms with van der Waals surface area (Å²) in [6.07, 6.45) is 2.44. The van der Waals surface area contributed by atoms with Crippen LogP contribution in [0.2, 0.25) is 0 Å². The predicted molar refractivity (Wildman–Crippen MR) is 119 cm³/mol. The van der Waals surface area contributed by atoms with Gasteiger partial charge >= 0.3 is 0 Å². The normalized spacial score (nSPS) is 23.2. The van der Waals surface area contributed by atoms with Gasteiger partial charge in [-0.2, -0.15) is 0 Å². The number of piperidine rings is 1. The molecule has 1 saturated heterocycles. The fraction of sp³-hybridized carbons (Fsp3) is 0.750. The van der Waals surface area contributed by atoms with E-state index in [2.05, 4.69) is 47.0 Å². The highest BCUT2D eigenvalue weighted by Gasteiger charge is 2.31. The van der Waals surface area contributed by atoms with Crippen LogP contribution in [0.25, 0.3) is 0 Å². The summed E-state index contributed by atoms with van der Waals surface area (Å²) in [6.45, 7) is 11.6. The lowest BCUT2D eigenvalue weighted by molar-refractivity contribution is 0.128. The zero-order chi connectivity index (χ0) is 19.9. The maximum Gasteiger partial charge on any atom is 0.191 e. The number of aliphatic imine (C=N–C) groups is 1. The highest BCUT2D eigenvalue weighted by atomic mass is 32.2. The third kappa shape index (κ3) is 6.88. The summed E-state index contributed by atoms with van der Waals surface area (Å²) in [5.41, 5.74) is 0. The van der Waals surface area contributed by atoms with Crippen LogP contribution in [-0.2, 0) is 10.8 Å². The van der Waals surface area contributed by atoms with E-state index in [1.165, 1.54) is 17.7 Å². The van der Waals surface area contributed by atoms with Crippen molar-refractivity contribution in [3.8, 4) is 0 Å². The molecule has 1 aromatic heterocycles. The number of nitrogens with zero attached hydrogens (tertiary/aromatic N) is 2. The van der Waals surface area contributed by atoms with Crippen molar-refractivity contribution in [2.75, 3.05) is 39.0 Å². The molecular formula is C20H36N4OS2. The molecule has 3 unspecified atom stereocenters. The maximum absolute atomic E-state index is 12.2. The average molecular weight is 413 g/mol. The van der Waals surface area contributed by atoms with Crippen molar-refractivity contribution in [2.45, 2.75) is 51.3 Å². The molecule has 5 nitrogen and oxygen atoms in total. The van der Waals surface area contributed by atoms with E-state index in [-0.39, 0.29) is 4.75 Å². The van der Waals surface area contributed by atoms with Crippen LogP contribution in [0.15, 0.2) is 22.5 Å². The lowest BCUT2D eigenvalue weighted by atomic mass is 9.88. The van der Waals surface area contributed by atoms with Gasteiger partial charge in [-0.15, -0.1) is 11.3 Å². The number of hydrogen-bond acceptors (Lipinski definition) is 4. The Kier molecular flexibility index (Phi) is 8.76. The molecule has 27 heavy (non-hydrogen) atoms. The molecule has 0 spiro atoms. The first-order valence-electron chi connectivity index (χ1n) is 9.97. The molecule has 7 heteroatoms. The van der Waals surface area contributed by atoms with Crippen LogP contribution in [0.5, 0.6) is 0 Å². The topological polar surface area (TPSA) is 56.7 Å². The van der Waals surface area contributed by atoms with E-state index in [9.17, 15) is 4.21 Å². The first-order valence-corrected chi connectivity index (χ1v) is 12.2. The van der Waals surface area contributed by atoms with E-state index in [0.29, 0.717) is 24.3 Å². The van der Waals surface area contributed by atoms with Gasteiger partial charge < -0.3 is 10.6 Å². The number of nitrogens with one attached hydrogen (secondary N) is 2. The summed E-state index contributed by atoms with van der Waals surface area (Å²) in [7, 11) is 1.38. The first kappa shape index (κ1) is 22.4. The molecule has 2 heterocycles. The van der Waals surface area contributed by atoms with E-state index >= 15 is 0 Å². The highest BCUT2D eigenvalue weighted by molar-refractivity contribution is 7.86. The summed E-state index contributed by atoms with van der Waals surface area (Å²) < 4.78 is 12.1. The van der Waals surface area contributed by atoms with Crippen LogP contribution in [0.4, 0.5) is 0 Å². The third-order valence-corrected chi connectivity index (χ3v) is 7.82. The summed E-state index contributed by atoms with van der Waals surface area (Å²) >= 11 is 1.85. The summed E-state index contributed by atoms with van der Waals surface area (Å²) in [6, 6.07) is 4.85. The number of guanidine groups is 1. The van der Waals surface area contributed by atoms with Crippen molar-refractivity contribution in [3.63, 3.8) is 0 Å². The second-order valence-electron chi connectivity index (χ2n) is 8.15. The SMILES string of the molecule is CCNC(=NCC1CCCN(C)C1c1cccs1)NCCS(=O)C(C)(C)C. The van der Waals surface area contributed by atoms with Gasteiger partial charge in [-0.25, -0.2) is 0 Å². The van der Waals surface area contributed by atoms with Gasteiger partial charge in [0.15, 0.2) is 5.96 Å². The van der Waals surface area contributed by atoms with Crippen LogP contribution in [0, 0.1) is 5.92 Å². The fourth-order valence-corrected chi connectivity index (χ4v) is 5.36. The zero-order valence-corrected chi connectivity index (χ0v) is 19.1. The Morgan fingerprint density at radius 3 is 2.81 bits per heavy atom. The molecule has 1 aliphatic heterocycles. The molecular weight excluding hydrogens is 376 g/mol. The minimum atomic E-state index is -0.847. The number of thiophene rings is 1. The minimum absolute atomic E-state index is 0.169. The Balaban J connectivity index is 1.96. The van der Waals surface area contributed by atoms with Crippen LogP contribution in [0.1, 0.15) is 51.5 Å². The van der Waals surface area contributed by atoms with E-state index in [4.69, 9.17) is 4.99 Å². The van der Waals surface area contributed by atoms with E-state index in [1.54, 1.807) is 0 Å². The van der Waals surface area contributed by atoms with Crippen molar-refractivity contribution in [3.05, 3.63) is 22.4 Å². The van der Waals surface area contributed by atoms with Crippen LogP contribution in [-0.4, -0.2) is 58.8 Å². The number of likely N-dealkylation sites (tertiary alicyclic amines) is 1. The highest BCUT2D eigenvalue weighted by Crippen LogP contribution is 2.37. The molecule has 0 radical (unpaired) electrons. The van der Waals surface area contributed by atoms with Crippen molar-refractivity contribution in [2.24, 2.45) is 10.9 Å². The summed E-state index contributed by atoms with van der Waals surface area (Å²) in [5, 5.41) is 8.85. The van der Waals surface area contributed by atoms with Gasteiger partial charge in [0.1, 0.15) is 0 Å². The molecule has 2 N–H and O–H groups in total. The molecule has 1 aromatic rings. The average Bonchev–Trinajstić information content (AvgIpc) is 3.12. The minimum Gasteiger partial charge on any atom is -0.357 e. The van der Waals surface area contributed by atoms with Gasteiger partial charge in [0.2, 0.25) is 0 Å². The Hall–Kier alpha value is -0.920. The Morgan fingerprint density at radius 2 is 2.19 bits per heavy atom. The summed E-state index contributed by atoms with van der Waals surface area (Å²) in [4.78, 5) is 8.78. The van der Waals surface area contributed by atoms with Crippen molar-refractivity contribution in [1.82, 2.24) is 15.5 Å². The maximum atomic E-state index is 12.2. The third-order valence-electron chi connectivity index (χ3n) is 4.93. The van der Waals surface area contributed by atoms with Gasteiger partial charge in [-0.05, 0) is 71.5 Å². The monoisotopic (exact) mass is 412 g/mol. The molecule has 1 fully saturated rings. The van der Waals surface area contributed by atoms with Gasteiger partial charge in [0.05, 0.1) is 0 Å².